The van der Waals surface area contributed by atoms with E-state index in [-0.39, 0.29) is 5.91 Å². The van der Waals surface area contributed by atoms with Crippen LogP contribution >= 0.6 is 34.2 Å². The van der Waals surface area contributed by atoms with Gasteiger partial charge in [-0.05, 0) is 70.6 Å². The van der Waals surface area contributed by atoms with Gasteiger partial charge in [0.05, 0.1) is 28.9 Å². The van der Waals surface area contributed by atoms with Crippen molar-refractivity contribution in [2.75, 3.05) is 12.4 Å². The first-order valence-corrected chi connectivity index (χ1v) is 10.4. The minimum absolute atomic E-state index is 0.346. The second-order valence-corrected chi connectivity index (χ2v) is 8.13. The number of nitrogens with one attached hydrogen (secondary N) is 1. The second kappa shape index (κ2) is 8.49. The van der Waals surface area contributed by atoms with Crippen LogP contribution < -0.4 is 15.7 Å². The van der Waals surface area contributed by atoms with Gasteiger partial charge in [0.15, 0.2) is 0 Å². The number of carbonyl (C=O) groups is 1. The molecule has 0 saturated carbocycles. The molecule has 1 heterocycles. The molecule has 5 nitrogen and oxygen atoms in total. The van der Waals surface area contributed by atoms with Crippen LogP contribution in [-0.2, 0) is 0 Å². The van der Waals surface area contributed by atoms with Crippen molar-refractivity contribution in [1.82, 2.24) is 0 Å². The molecule has 7 heteroatoms. The number of carbonyl (C=O) groups excluding carboxylic acids is 1. The van der Waals surface area contributed by atoms with Gasteiger partial charge in [-0.2, -0.15) is 0 Å². The molecule has 3 aromatic carbocycles. The summed E-state index contributed by atoms with van der Waals surface area (Å²) in [5.41, 5.74) is 1.81. The normalized spacial score (nSPS) is 10.8. The van der Waals surface area contributed by atoms with Gasteiger partial charge < -0.3 is 14.5 Å². The van der Waals surface area contributed by atoms with E-state index in [1.165, 1.54) is 7.11 Å². The maximum atomic E-state index is 12.8. The molecule has 0 spiro atoms. The van der Waals surface area contributed by atoms with Crippen molar-refractivity contribution in [3.05, 3.63) is 91.3 Å². The Morgan fingerprint density at radius 3 is 2.67 bits per heavy atom. The Balaban J connectivity index is 1.76. The third-order valence-electron chi connectivity index (χ3n) is 4.57. The Hall–Kier alpha value is -2.84. The molecule has 0 saturated heterocycles. The van der Waals surface area contributed by atoms with E-state index in [1.54, 1.807) is 42.5 Å². The molecule has 4 aromatic rings. The lowest BCUT2D eigenvalue weighted by Crippen LogP contribution is -2.14. The molecule has 0 radical (unpaired) electrons. The van der Waals surface area contributed by atoms with E-state index in [2.05, 4.69) is 27.9 Å². The Labute approximate surface area is 190 Å². The maximum Gasteiger partial charge on any atom is 0.344 e. The van der Waals surface area contributed by atoms with Crippen molar-refractivity contribution in [3.63, 3.8) is 0 Å². The predicted octanol–water partition coefficient (Wildman–Crippen LogP) is 5.98. The molecule has 0 atom stereocenters. The Morgan fingerprint density at radius 2 is 1.87 bits per heavy atom. The SMILES string of the molecule is COc1ccc(-c2cc3ccccc3oc2=O)cc1NC(=O)c1cc(I)ccc1Cl. The van der Waals surface area contributed by atoms with Crippen molar-refractivity contribution in [3.8, 4) is 16.9 Å². The Kier molecular flexibility index (Phi) is 5.78. The van der Waals surface area contributed by atoms with Crippen LogP contribution in [0.1, 0.15) is 10.4 Å². The number of benzene rings is 3. The van der Waals surface area contributed by atoms with Crippen molar-refractivity contribution in [2.24, 2.45) is 0 Å². The molecule has 0 aliphatic carbocycles. The van der Waals surface area contributed by atoms with Gasteiger partial charge >= 0.3 is 5.63 Å². The van der Waals surface area contributed by atoms with Gasteiger partial charge in [-0.3, -0.25) is 4.79 Å². The van der Waals surface area contributed by atoms with Crippen LogP contribution in [0, 0.1) is 3.57 Å². The largest absolute Gasteiger partial charge is 0.495 e. The smallest absolute Gasteiger partial charge is 0.344 e. The number of hydrogen-bond donors (Lipinski definition) is 1. The molecule has 0 bridgehead atoms. The molecule has 1 amide bonds. The fraction of sp³-hybridized carbons (Fsp3) is 0.0435. The molecular weight excluding hydrogens is 517 g/mol. The summed E-state index contributed by atoms with van der Waals surface area (Å²) in [7, 11) is 1.51. The third-order valence-corrected chi connectivity index (χ3v) is 5.57. The summed E-state index contributed by atoms with van der Waals surface area (Å²) in [5, 5.41) is 3.98. The van der Waals surface area contributed by atoms with E-state index in [1.807, 2.05) is 24.3 Å². The summed E-state index contributed by atoms with van der Waals surface area (Å²) < 4.78 is 11.7. The topological polar surface area (TPSA) is 68.5 Å². The summed E-state index contributed by atoms with van der Waals surface area (Å²) >= 11 is 8.30. The quantitative estimate of drug-likeness (QED) is 0.260. The van der Waals surface area contributed by atoms with Gasteiger partial charge in [0.1, 0.15) is 11.3 Å². The minimum Gasteiger partial charge on any atom is -0.495 e. The zero-order valence-corrected chi connectivity index (χ0v) is 18.7. The molecule has 30 heavy (non-hydrogen) atoms. The number of anilines is 1. The van der Waals surface area contributed by atoms with E-state index in [0.717, 1.165) is 8.96 Å². The van der Waals surface area contributed by atoms with Gasteiger partial charge in [0.25, 0.3) is 5.91 Å². The van der Waals surface area contributed by atoms with E-state index in [4.69, 9.17) is 20.8 Å². The fourth-order valence-corrected chi connectivity index (χ4v) is 3.79. The number of amides is 1. The highest BCUT2D eigenvalue weighted by atomic mass is 127. The maximum absolute atomic E-state index is 12.8. The third kappa shape index (κ3) is 4.06. The van der Waals surface area contributed by atoms with Crippen LogP contribution in [-0.4, -0.2) is 13.0 Å². The second-order valence-electron chi connectivity index (χ2n) is 6.48. The number of halogens is 2. The van der Waals surface area contributed by atoms with Crippen LogP contribution in [0.2, 0.25) is 5.02 Å². The number of rotatable bonds is 4. The van der Waals surface area contributed by atoms with E-state index in [9.17, 15) is 9.59 Å². The van der Waals surface area contributed by atoms with E-state index >= 15 is 0 Å². The molecule has 1 N–H and O–H groups in total. The summed E-state index contributed by atoms with van der Waals surface area (Å²) in [6.07, 6.45) is 0. The predicted molar refractivity (Wildman–Crippen MR) is 127 cm³/mol. The van der Waals surface area contributed by atoms with Gasteiger partial charge in [0.2, 0.25) is 0 Å². The van der Waals surface area contributed by atoms with Crippen molar-refractivity contribution >= 4 is 56.8 Å². The Morgan fingerprint density at radius 1 is 1.07 bits per heavy atom. The zero-order valence-electron chi connectivity index (χ0n) is 15.7. The first-order valence-electron chi connectivity index (χ1n) is 8.94. The molecule has 150 valence electrons. The first-order chi connectivity index (χ1) is 14.5. The van der Waals surface area contributed by atoms with Crippen molar-refractivity contribution in [2.45, 2.75) is 0 Å². The summed E-state index contributed by atoms with van der Waals surface area (Å²) in [5.74, 6) is 0.0820. The molecule has 0 aliphatic heterocycles. The number of fused-ring (bicyclic) bond motifs is 1. The summed E-state index contributed by atoms with van der Waals surface area (Å²) in [4.78, 5) is 25.3. The average Bonchev–Trinajstić information content (AvgIpc) is 2.74. The highest BCUT2D eigenvalue weighted by Gasteiger charge is 2.16. The summed E-state index contributed by atoms with van der Waals surface area (Å²) in [6, 6.07) is 19.4. The lowest BCUT2D eigenvalue weighted by atomic mass is 10.0. The van der Waals surface area contributed by atoms with Crippen LogP contribution in [0.5, 0.6) is 5.75 Å². The van der Waals surface area contributed by atoms with Crippen LogP contribution in [0.15, 0.2) is 75.9 Å². The van der Waals surface area contributed by atoms with Gasteiger partial charge in [0, 0.05) is 8.96 Å². The molecule has 0 fully saturated rings. The first kappa shape index (κ1) is 20.4. The number of hydrogen-bond acceptors (Lipinski definition) is 4. The molecular formula is C23H15ClINO4. The molecule has 0 aliphatic rings. The van der Waals surface area contributed by atoms with Crippen LogP contribution in [0.4, 0.5) is 5.69 Å². The fourth-order valence-electron chi connectivity index (χ4n) is 3.10. The minimum atomic E-state index is -0.461. The number of methoxy groups -OCH3 is 1. The lowest BCUT2D eigenvalue weighted by molar-refractivity contribution is 0.102. The van der Waals surface area contributed by atoms with E-state index in [0.29, 0.717) is 38.7 Å². The monoisotopic (exact) mass is 531 g/mol. The lowest BCUT2D eigenvalue weighted by Gasteiger charge is -2.13. The average molecular weight is 532 g/mol. The van der Waals surface area contributed by atoms with Crippen molar-refractivity contribution < 1.29 is 13.9 Å². The Bertz CT molecular complexity index is 1330. The highest BCUT2D eigenvalue weighted by molar-refractivity contribution is 14.1. The van der Waals surface area contributed by atoms with E-state index < -0.39 is 5.63 Å². The van der Waals surface area contributed by atoms with Crippen LogP contribution in [0.3, 0.4) is 0 Å². The summed E-state index contributed by atoms with van der Waals surface area (Å²) in [6.45, 7) is 0. The number of ether oxygens (including phenoxy) is 1. The molecule has 1 aromatic heterocycles. The van der Waals surface area contributed by atoms with Crippen LogP contribution in [0.25, 0.3) is 22.1 Å². The standard InChI is InChI=1S/C23H15ClINO4/c1-29-21-9-6-13(16-10-14-4-2-3-5-20(14)30-23(16)28)11-19(21)26-22(27)17-12-15(25)7-8-18(17)24/h2-12H,1H3,(H,26,27). The molecule has 4 rings (SSSR count). The molecule has 0 unspecified atom stereocenters. The zero-order chi connectivity index (χ0) is 21.3. The van der Waals surface area contributed by atoms with Crippen molar-refractivity contribution in [1.29, 1.82) is 0 Å². The van der Waals surface area contributed by atoms with Gasteiger partial charge in [-0.1, -0.05) is 35.9 Å². The van der Waals surface area contributed by atoms with Gasteiger partial charge in [-0.25, -0.2) is 4.79 Å². The number of para-hydroxylation sites is 1. The van der Waals surface area contributed by atoms with Gasteiger partial charge in [-0.15, -0.1) is 0 Å². The highest BCUT2D eigenvalue weighted by Crippen LogP contribution is 2.31.